The first-order valence-corrected chi connectivity index (χ1v) is 7.52. The Morgan fingerprint density at radius 3 is 2.32 bits per heavy atom. The molecule has 0 amide bonds. The number of hydrogen-bond acceptors (Lipinski definition) is 4. The molecule has 0 saturated carbocycles. The molecule has 0 aliphatic rings. The topological polar surface area (TPSA) is 90.2 Å². The molecule has 0 spiro atoms. The van der Waals surface area contributed by atoms with Crippen LogP contribution in [0.2, 0.25) is 0 Å². The van der Waals surface area contributed by atoms with Gasteiger partial charge in [-0.2, -0.15) is 5.26 Å². The van der Waals surface area contributed by atoms with E-state index < -0.39 is 10.0 Å². The minimum absolute atomic E-state index is 0.0707. The summed E-state index contributed by atoms with van der Waals surface area (Å²) in [7, 11) is -3.62. The lowest BCUT2D eigenvalue weighted by molar-refractivity contribution is 0.256. The average Bonchev–Trinajstić information content (AvgIpc) is 2.38. The summed E-state index contributed by atoms with van der Waals surface area (Å²) < 4.78 is 26.9. The lowest BCUT2D eigenvalue weighted by Gasteiger charge is -2.21. The largest absolute Gasteiger partial charge is 0.396 e. The average molecular weight is 282 g/mol. The zero-order valence-corrected chi connectivity index (χ0v) is 11.8. The smallest absolute Gasteiger partial charge is 0.240 e. The molecule has 1 aromatic carbocycles. The third-order valence-corrected chi connectivity index (χ3v) is 4.35. The maximum Gasteiger partial charge on any atom is 0.240 e. The quantitative estimate of drug-likeness (QED) is 0.821. The summed E-state index contributed by atoms with van der Waals surface area (Å²) in [6.45, 7) is 3.71. The highest BCUT2D eigenvalue weighted by molar-refractivity contribution is 7.89. The second-order valence-corrected chi connectivity index (χ2v) is 6.33. The van der Waals surface area contributed by atoms with E-state index in [1.165, 1.54) is 24.3 Å². The number of nitriles is 1. The molecule has 0 aliphatic heterocycles. The van der Waals surface area contributed by atoms with Crippen LogP contribution in [-0.4, -0.2) is 26.2 Å². The van der Waals surface area contributed by atoms with Gasteiger partial charge in [0.05, 0.1) is 16.5 Å². The van der Waals surface area contributed by atoms with Crippen LogP contribution < -0.4 is 4.72 Å². The fourth-order valence-corrected chi connectivity index (χ4v) is 3.06. The van der Waals surface area contributed by atoms with Crippen molar-refractivity contribution in [3.8, 4) is 6.07 Å². The van der Waals surface area contributed by atoms with Crippen LogP contribution in [0.5, 0.6) is 0 Å². The zero-order chi connectivity index (χ0) is 14.5. The molecule has 0 aromatic heterocycles. The fraction of sp³-hybridized carbons (Fsp3) is 0.462. The molecule has 1 atom stereocenters. The van der Waals surface area contributed by atoms with Crippen LogP contribution in [0.1, 0.15) is 25.8 Å². The molecule has 1 unspecified atom stereocenters. The molecule has 0 heterocycles. The summed E-state index contributed by atoms with van der Waals surface area (Å²) in [6, 6.07) is 7.35. The van der Waals surface area contributed by atoms with Crippen molar-refractivity contribution >= 4 is 10.0 Å². The molecule has 5 nitrogen and oxygen atoms in total. The van der Waals surface area contributed by atoms with Crippen molar-refractivity contribution in [2.24, 2.45) is 5.92 Å². The van der Waals surface area contributed by atoms with Crippen LogP contribution in [-0.2, 0) is 10.0 Å². The van der Waals surface area contributed by atoms with E-state index in [1.54, 1.807) is 0 Å². The van der Waals surface area contributed by atoms with Crippen molar-refractivity contribution in [2.75, 3.05) is 6.61 Å². The first kappa shape index (κ1) is 15.6. The first-order chi connectivity index (χ1) is 8.90. The number of aliphatic hydroxyl groups excluding tert-OH is 1. The van der Waals surface area contributed by atoms with Crippen molar-refractivity contribution in [3.63, 3.8) is 0 Å². The Labute approximate surface area is 113 Å². The summed E-state index contributed by atoms with van der Waals surface area (Å²) in [4.78, 5) is 0.120. The molecule has 2 N–H and O–H groups in total. The van der Waals surface area contributed by atoms with Gasteiger partial charge in [-0.3, -0.25) is 0 Å². The zero-order valence-electron chi connectivity index (χ0n) is 11.0. The monoisotopic (exact) mass is 282 g/mol. The van der Waals surface area contributed by atoms with Crippen LogP contribution in [0, 0.1) is 17.2 Å². The number of benzene rings is 1. The Morgan fingerprint density at radius 1 is 1.32 bits per heavy atom. The minimum atomic E-state index is -3.62. The van der Waals surface area contributed by atoms with E-state index in [2.05, 4.69) is 4.72 Å². The van der Waals surface area contributed by atoms with Gasteiger partial charge in [0.1, 0.15) is 0 Å². The third-order valence-electron chi connectivity index (χ3n) is 2.85. The Morgan fingerprint density at radius 2 is 1.89 bits per heavy atom. The highest BCUT2D eigenvalue weighted by atomic mass is 32.2. The van der Waals surface area contributed by atoms with E-state index >= 15 is 0 Å². The van der Waals surface area contributed by atoms with Gasteiger partial charge in [0.25, 0.3) is 0 Å². The summed E-state index contributed by atoms with van der Waals surface area (Å²) >= 11 is 0. The number of hydrogen-bond donors (Lipinski definition) is 2. The second-order valence-electron chi connectivity index (χ2n) is 4.62. The third kappa shape index (κ3) is 4.31. The highest BCUT2D eigenvalue weighted by Gasteiger charge is 2.21. The van der Waals surface area contributed by atoms with Crippen molar-refractivity contribution in [3.05, 3.63) is 29.8 Å². The fourth-order valence-electron chi connectivity index (χ4n) is 1.64. The van der Waals surface area contributed by atoms with Gasteiger partial charge in [-0.05, 0) is 36.6 Å². The Balaban J connectivity index is 2.93. The summed E-state index contributed by atoms with van der Waals surface area (Å²) in [6.07, 6.45) is 0.368. The molecular formula is C13H18N2O3S. The predicted octanol–water partition coefficient (Wildman–Crippen LogP) is 1.24. The van der Waals surface area contributed by atoms with Crippen LogP contribution in [0.4, 0.5) is 0 Å². The predicted molar refractivity (Wildman–Crippen MR) is 71.8 cm³/mol. The SMILES string of the molecule is CC(C)C(CCO)NS(=O)(=O)c1ccc(C#N)cc1. The number of nitrogens with zero attached hydrogens (tertiary/aromatic N) is 1. The molecule has 0 bridgehead atoms. The van der Waals surface area contributed by atoms with Crippen molar-refractivity contribution < 1.29 is 13.5 Å². The standard InChI is InChI=1S/C13H18N2O3S/c1-10(2)13(7-8-16)15-19(17,18)12-5-3-11(9-14)4-6-12/h3-6,10,13,15-16H,7-8H2,1-2H3. The van der Waals surface area contributed by atoms with Crippen molar-refractivity contribution in [2.45, 2.75) is 31.2 Å². The van der Waals surface area contributed by atoms with E-state index in [0.717, 1.165) is 0 Å². The van der Waals surface area contributed by atoms with Crippen molar-refractivity contribution in [1.82, 2.24) is 4.72 Å². The molecular weight excluding hydrogens is 264 g/mol. The van der Waals surface area contributed by atoms with E-state index in [9.17, 15) is 8.42 Å². The summed E-state index contributed by atoms with van der Waals surface area (Å²) in [5.74, 6) is 0.0836. The number of aliphatic hydroxyl groups is 1. The Bertz CT molecular complexity index is 544. The first-order valence-electron chi connectivity index (χ1n) is 6.04. The normalized spacial score (nSPS) is 13.2. The van der Waals surface area contributed by atoms with Gasteiger partial charge in [0.15, 0.2) is 0 Å². The Kier molecular flexibility index (Phi) is 5.48. The minimum Gasteiger partial charge on any atom is -0.396 e. The summed E-state index contributed by atoms with van der Waals surface area (Å²) in [5.41, 5.74) is 0.412. The molecule has 19 heavy (non-hydrogen) atoms. The molecule has 1 aromatic rings. The maximum atomic E-state index is 12.1. The van der Waals surface area contributed by atoms with E-state index in [0.29, 0.717) is 12.0 Å². The molecule has 6 heteroatoms. The van der Waals surface area contributed by atoms with Crippen LogP contribution in [0.3, 0.4) is 0 Å². The lowest BCUT2D eigenvalue weighted by atomic mass is 10.0. The van der Waals surface area contributed by atoms with E-state index in [1.807, 2.05) is 19.9 Å². The van der Waals surface area contributed by atoms with Gasteiger partial charge in [-0.25, -0.2) is 13.1 Å². The van der Waals surface area contributed by atoms with Crippen LogP contribution in [0.15, 0.2) is 29.2 Å². The Hall–Kier alpha value is -1.42. The van der Waals surface area contributed by atoms with Gasteiger partial charge >= 0.3 is 0 Å². The second kappa shape index (κ2) is 6.66. The van der Waals surface area contributed by atoms with Gasteiger partial charge in [0.2, 0.25) is 10.0 Å². The van der Waals surface area contributed by atoms with Gasteiger partial charge in [-0.1, -0.05) is 13.8 Å². The molecule has 0 fully saturated rings. The lowest BCUT2D eigenvalue weighted by Crippen LogP contribution is -2.39. The van der Waals surface area contributed by atoms with Gasteiger partial charge in [-0.15, -0.1) is 0 Å². The van der Waals surface area contributed by atoms with Crippen LogP contribution >= 0.6 is 0 Å². The molecule has 1 rings (SSSR count). The van der Waals surface area contributed by atoms with Crippen LogP contribution in [0.25, 0.3) is 0 Å². The molecule has 104 valence electrons. The number of nitrogens with one attached hydrogen (secondary N) is 1. The van der Waals surface area contributed by atoms with E-state index in [4.69, 9.17) is 10.4 Å². The number of rotatable bonds is 6. The molecule has 0 radical (unpaired) electrons. The molecule has 0 aliphatic carbocycles. The van der Waals surface area contributed by atoms with Gasteiger partial charge in [0, 0.05) is 12.6 Å². The van der Waals surface area contributed by atoms with Gasteiger partial charge < -0.3 is 5.11 Å². The van der Waals surface area contributed by atoms with Crippen molar-refractivity contribution in [1.29, 1.82) is 5.26 Å². The maximum absolute atomic E-state index is 12.1. The highest BCUT2D eigenvalue weighted by Crippen LogP contribution is 2.14. The summed E-state index contributed by atoms with van der Waals surface area (Å²) in [5, 5.41) is 17.6. The van der Waals surface area contributed by atoms with E-state index in [-0.39, 0.29) is 23.5 Å². The number of sulfonamides is 1. The molecule has 0 saturated heterocycles.